The zero-order valence-corrected chi connectivity index (χ0v) is 29.5. The van der Waals surface area contributed by atoms with Crippen LogP contribution in [-0.4, -0.2) is 44.3 Å². The smallest absolute Gasteiger partial charge is 0.264 e. The number of aryl methyl sites for hydroxylation is 1. The van der Waals surface area contributed by atoms with Crippen LogP contribution in [0.25, 0.3) is 0 Å². The van der Waals surface area contributed by atoms with E-state index in [4.69, 9.17) is 23.2 Å². The number of hydrogen-bond donors (Lipinski definition) is 1. The first kappa shape index (κ1) is 35.5. The van der Waals surface area contributed by atoms with Crippen molar-refractivity contribution in [3.05, 3.63) is 128 Å². The number of hydrogen-bond acceptors (Lipinski definition) is 4. The summed E-state index contributed by atoms with van der Waals surface area (Å²) in [6.45, 7) is 3.83. The fourth-order valence-electron chi connectivity index (χ4n) is 4.85. The van der Waals surface area contributed by atoms with E-state index in [0.29, 0.717) is 6.54 Å². The van der Waals surface area contributed by atoms with Crippen molar-refractivity contribution in [3.63, 3.8) is 0 Å². The maximum atomic E-state index is 14.5. The van der Waals surface area contributed by atoms with Crippen LogP contribution in [0.5, 0.6) is 0 Å². The van der Waals surface area contributed by atoms with Crippen LogP contribution in [0, 0.1) is 6.92 Å². The molecule has 0 aliphatic heterocycles. The summed E-state index contributed by atoms with van der Waals surface area (Å²) in [5.41, 5.74) is 2.69. The Bertz CT molecular complexity index is 1740. The molecule has 0 unspecified atom stereocenters. The van der Waals surface area contributed by atoms with E-state index in [9.17, 15) is 18.0 Å². The first-order valence-electron chi connectivity index (χ1n) is 14.9. The molecule has 46 heavy (non-hydrogen) atoms. The number of carbonyl (C=O) groups is 2. The summed E-state index contributed by atoms with van der Waals surface area (Å²) >= 11 is 16.0. The second-order valence-corrected chi connectivity index (χ2v) is 14.5. The molecule has 4 rings (SSSR count). The van der Waals surface area contributed by atoms with Crippen LogP contribution in [0.2, 0.25) is 10.0 Å². The number of nitrogens with zero attached hydrogens (tertiary/aromatic N) is 2. The van der Waals surface area contributed by atoms with E-state index in [1.54, 1.807) is 12.1 Å². The molecule has 0 saturated heterocycles. The molecule has 2 amide bonds. The molecule has 0 spiro atoms. The molecule has 1 N–H and O–H groups in total. The SMILES string of the molecule is CCCCNC(=O)[C@@H](Cc1ccccc1)N(Cc1ccc(Br)cc1)C(=O)CN(c1ccc(Cl)c(Cl)c1)S(=O)(=O)c1ccc(C)cc1. The average Bonchev–Trinajstić information content (AvgIpc) is 3.04. The zero-order valence-electron chi connectivity index (χ0n) is 25.6. The second-order valence-electron chi connectivity index (χ2n) is 10.9. The summed E-state index contributed by atoms with van der Waals surface area (Å²) in [6, 6.07) is 26.7. The van der Waals surface area contributed by atoms with Gasteiger partial charge in [0.25, 0.3) is 10.0 Å². The third-order valence-electron chi connectivity index (χ3n) is 7.45. The lowest BCUT2D eigenvalue weighted by molar-refractivity contribution is -0.140. The van der Waals surface area contributed by atoms with Crippen LogP contribution in [-0.2, 0) is 32.6 Å². The van der Waals surface area contributed by atoms with E-state index in [1.165, 1.54) is 35.2 Å². The minimum atomic E-state index is -4.25. The number of unbranched alkanes of at least 4 members (excludes halogenated alkanes) is 1. The molecule has 0 fully saturated rings. The molecule has 1 atom stereocenters. The van der Waals surface area contributed by atoms with Gasteiger partial charge in [-0.3, -0.25) is 13.9 Å². The van der Waals surface area contributed by atoms with E-state index in [2.05, 4.69) is 21.2 Å². The van der Waals surface area contributed by atoms with Crippen molar-refractivity contribution in [2.24, 2.45) is 0 Å². The first-order chi connectivity index (χ1) is 22.0. The third kappa shape index (κ3) is 9.35. The molecule has 0 aliphatic rings. The highest BCUT2D eigenvalue weighted by Gasteiger charge is 2.34. The Morgan fingerprint density at radius 1 is 0.870 bits per heavy atom. The van der Waals surface area contributed by atoms with Crippen LogP contribution in [0.1, 0.15) is 36.5 Å². The van der Waals surface area contributed by atoms with Crippen LogP contribution >= 0.6 is 39.1 Å². The zero-order chi connectivity index (χ0) is 33.3. The number of sulfonamides is 1. The monoisotopic (exact) mass is 743 g/mol. The van der Waals surface area contributed by atoms with E-state index in [-0.39, 0.29) is 39.5 Å². The van der Waals surface area contributed by atoms with Crippen molar-refractivity contribution in [2.75, 3.05) is 17.4 Å². The Labute approximate surface area is 289 Å². The van der Waals surface area contributed by atoms with Gasteiger partial charge in [0.2, 0.25) is 11.8 Å². The van der Waals surface area contributed by atoms with Crippen LogP contribution < -0.4 is 9.62 Å². The topological polar surface area (TPSA) is 86.8 Å². The number of benzene rings is 4. The van der Waals surface area contributed by atoms with Gasteiger partial charge < -0.3 is 10.2 Å². The minimum Gasteiger partial charge on any atom is -0.354 e. The van der Waals surface area contributed by atoms with Crippen molar-refractivity contribution >= 4 is 66.7 Å². The van der Waals surface area contributed by atoms with Gasteiger partial charge in [-0.1, -0.05) is 113 Å². The summed E-state index contributed by atoms with van der Waals surface area (Å²) in [5.74, 6) is -0.874. The van der Waals surface area contributed by atoms with E-state index < -0.39 is 28.5 Å². The summed E-state index contributed by atoms with van der Waals surface area (Å²) in [5, 5.41) is 3.37. The quantitative estimate of drug-likeness (QED) is 0.134. The maximum absolute atomic E-state index is 14.5. The molecule has 4 aromatic carbocycles. The predicted molar refractivity (Wildman–Crippen MR) is 189 cm³/mol. The Morgan fingerprint density at radius 3 is 2.17 bits per heavy atom. The Hall–Kier alpha value is -3.37. The lowest BCUT2D eigenvalue weighted by Crippen LogP contribution is -2.53. The minimum absolute atomic E-state index is 0.00887. The van der Waals surface area contributed by atoms with Gasteiger partial charge in [-0.15, -0.1) is 0 Å². The van der Waals surface area contributed by atoms with E-state index in [0.717, 1.165) is 38.3 Å². The van der Waals surface area contributed by atoms with Crippen molar-refractivity contribution < 1.29 is 18.0 Å². The van der Waals surface area contributed by atoms with Gasteiger partial charge in [0.1, 0.15) is 12.6 Å². The lowest BCUT2D eigenvalue weighted by Gasteiger charge is -2.34. The number of amides is 2. The highest BCUT2D eigenvalue weighted by atomic mass is 79.9. The summed E-state index contributed by atoms with van der Waals surface area (Å²) in [7, 11) is -4.25. The predicted octanol–water partition coefficient (Wildman–Crippen LogP) is 7.82. The molecular weight excluding hydrogens is 709 g/mol. The van der Waals surface area contributed by atoms with Crippen molar-refractivity contribution in [1.82, 2.24) is 10.2 Å². The molecule has 11 heteroatoms. The van der Waals surface area contributed by atoms with Crippen LogP contribution in [0.4, 0.5) is 5.69 Å². The van der Waals surface area contributed by atoms with Gasteiger partial charge >= 0.3 is 0 Å². The van der Waals surface area contributed by atoms with Gasteiger partial charge in [0.05, 0.1) is 20.6 Å². The number of anilines is 1. The molecule has 0 heterocycles. The first-order valence-corrected chi connectivity index (χ1v) is 17.9. The molecule has 0 bridgehead atoms. The van der Waals surface area contributed by atoms with Crippen LogP contribution in [0.3, 0.4) is 0 Å². The number of halogens is 3. The largest absolute Gasteiger partial charge is 0.354 e. The molecular formula is C35H36BrCl2N3O4S. The van der Waals surface area contributed by atoms with E-state index in [1.807, 2.05) is 68.4 Å². The van der Waals surface area contributed by atoms with Crippen molar-refractivity contribution in [3.8, 4) is 0 Å². The van der Waals surface area contributed by atoms with Gasteiger partial charge in [-0.05, 0) is 66.9 Å². The highest BCUT2D eigenvalue weighted by molar-refractivity contribution is 9.10. The van der Waals surface area contributed by atoms with Gasteiger partial charge in [0, 0.05) is 24.0 Å². The fraction of sp³-hybridized carbons (Fsp3) is 0.257. The standard InChI is InChI=1S/C35H36BrCl2N3O4S/c1-3-4-20-39-35(43)33(21-26-8-6-5-7-9-26)40(23-27-12-14-28(36)15-13-27)34(42)24-41(29-16-19-31(37)32(38)22-29)46(44,45)30-17-10-25(2)11-18-30/h5-19,22,33H,3-4,20-21,23-24H2,1-2H3,(H,39,43)/t33-/m1/s1. The normalized spacial score (nSPS) is 11.9. The Balaban J connectivity index is 1.80. The van der Waals surface area contributed by atoms with Crippen molar-refractivity contribution in [2.45, 2.75) is 50.6 Å². The third-order valence-corrected chi connectivity index (χ3v) is 10.5. The van der Waals surface area contributed by atoms with Crippen LogP contribution in [0.15, 0.2) is 106 Å². The molecule has 4 aromatic rings. The summed E-state index contributed by atoms with van der Waals surface area (Å²) in [6.07, 6.45) is 1.91. The molecule has 7 nitrogen and oxygen atoms in total. The molecule has 0 aliphatic carbocycles. The molecule has 242 valence electrons. The highest BCUT2D eigenvalue weighted by Crippen LogP contribution is 2.31. The average molecular weight is 746 g/mol. The van der Waals surface area contributed by atoms with Crippen molar-refractivity contribution in [1.29, 1.82) is 0 Å². The summed E-state index contributed by atoms with van der Waals surface area (Å²) < 4.78 is 30.2. The fourth-order valence-corrected chi connectivity index (χ4v) is 6.82. The number of carbonyl (C=O) groups excluding carboxylic acids is 2. The molecule has 0 radical (unpaired) electrons. The van der Waals surface area contributed by atoms with Gasteiger partial charge in [-0.25, -0.2) is 8.42 Å². The lowest BCUT2D eigenvalue weighted by atomic mass is 10.0. The maximum Gasteiger partial charge on any atom is 0.264 e. The second kappa shape index (κ2) is 16.5. The van der Waals surface area contributed by atoms with Gasteiger partial charge in [-0.2, -0.15) is 0 Å². The molecule has 0 saturated carbocycles. The Morgan fingerprint density at radius 2 is 1.54 bits per heavy atom. The Kier molecular flexibility index (Phi) is 12.7. The van der Waals surface area contributed by atoms with E-state index >= 15 is 0 Å². The van der Waals surface area contributed by atoms with Gasteiger partial charge in [0.15, 0.2) is 0 Å². The summed E-state index contributed by atoms with van der Waals surface area (Å²) in [4.78, 5) is 29.8. The number of nitrogens with one attached hydrogen (secondary N) is 1. The number of rotatable bonds is 14. The molecule has 0 aromatic heterocycles.